The quantitative estimate of drug-likeness (QED) is 0.853. The minimum Gasteiger partial charge on any atom is -0.308 e. The highest BCUT2D eigenvalue weighted by molar-refractivity contribution is 5.03. The molecule has 3 nitrogen and oxygen atoms in total. The minimum atomic E-state index is 0.589. The highest BCUT2D eigenvalue weighted by atomic mass is 15.1. The Kier molecular flexibility index (Phi) is 5.80. The molecule has 1 saturated heterocycles. The molecule has 2 rings (SSSR count). The van der Waals surface area contributed by atoms with Crippen LogP contribution >= 0.6 is 0 Å². The van der Waals surface area contributed by atoms with Gasteiger partial charge >= 0.3 is 0 Å². The Balaban J connectivity index is 1.71. The van der Waals surface area contributed by atoms with E-state index in [1.54, 1.807) is 0 Å². The van der Waals surface area contributed by atoms with Crippen LogP contribution in [0.3, 0.4) is 0 Å². The summed E-state index contributed by atoms with van der Waals surface area (Å²) >= 11 is 0. The van der Waals surface area contributed by atoms with Gasteiger partial charge in [-0.15, -0.1) is 0 Å². The molecule has 0 saturated carbocycles. The molecule has 1 aliphatic heterocycles. The molecule has 2 heterocycles. The predicted molar refractivity (Wildman–Crippen MR) is 80.0 cm³/mol. The Hall–Kier alpha value is -0.930. The third-order valence-corrected chi connectivity index (χ3v) is 4.21. The molecule has 0 spiro atoms. The first-order valence-corrected chi connectivity index (χ1v) is 7.65. The first-order chi connectivity index (χ1) is 9.29. The molecule has 19 heavy (non-hydrogen) atoms. The van der Waals surface area contributed by atoms with Crippen molar-refractivity contribution in [2.75, 3.05) is 19.6 Å². The molecule has 0 bridgehead atoms. The van der Waals surface area contributed by atoms with Crippen molar-refractivity contribution in [2.24, 2.45) is 5.92 Å². The van der Waals surface area contributed by atoms with Crippen LogP contribution in [0, 0.1) is 5.92 Å². The number of pyridine rings is 1. The van der Waals surface area contributed by atoms with Gasteiger partial charge in [0.1, 0.15) is 0 Å². The van der Waals surface area contributed by atoms with Crippen molar-refractivity contribution >= 4 is 0 Å². The summed E-state index contributed by atoms with van der Waals surface area (Å²) in [4.78, 5) is 6.96. The van der Waals surface area contributed by atoms with E-state index in [4.69, 9.17) is 0 Å². The standard InChI is InChI=1S/C16H27N3/c1-3-10-19-11-7-15(8-12-19)14(2)18-13-16-6-4-5-9-17-16/h4-6,9,14-15,18H,3,7-8,10-13H2,1-2H3. The zero-order valence-corrected chi connectivity index (χ0v) is 12.3. The molecule has 0 radical (unpaired) electrons. The van der Waals surface area contributed by atoms with Gasteiger partial charge < -0.3 is 10.2 Å². The predicted octanol–water partition coefficient (Wildman–Crippen LogP) is 2.68. The van der Waals surface area contributed by atoms with Crippen molar-refractivity contribution in [1.29, 1.82) is 0 Å². The van der Waals surface area contributed by atoms with Gasteiger partial charge in [-0.3, -0.25) is 4.98 Å². The second-order valence-corrected chi connectivity index (χ2v) is 5.67. The zero-order chi connectivity index (χ0) is 13.5. The molecule has 3 heteroatoms. The largest absolute Gasteiger partial charge is 0.308 e. The van der Waals surface area contributed by atoms with E-state index < -0.39 is 0 Å². The van der Waals surface area contributed by atoms with E-state index in [0.29, 0.717) is 6.04 Å². The lowest BCUT2D eigenvalue weighted by molar-refractivity contribution is 0.162. The fraction of sp³-hybridized carbons (Fsp3) is 0.688. The molecule has 1 N–H and O–H groups in total. The van der Waals surface area contributed by atoms with Gasteiger partial charge in [0.15, 0.2) is 0 Å². The lowest BCUT2D eigenvalue weighted by Gasteiger charge is -2.35. The Labute approximate surface area is 117 Å². The number of rotatable bonds is 6. The molecule has 1 fully saturated rings. The van der Waals surface area contributed by atoms with Crippen LogP contribution in [0.2, 0.25) is 0 Å². The number of piperidine rings is 1. The van der Waals surface area contributed by atoms with Gasteiger partial charge in [0.05, 0.1) is 5.69 Å². The van der Waals surface area contributed by atoms with Gasteiger partial charge in [0, 0.05) is 18.8 Å². The van der Waals surface area contributed by atoms with E-state index in [9.17, 15) is 0 Å². The van der Waals surface area contributed by atoms with Crippen molar-refractivity contribution in [1.82, 2.24) is 15.2 Å². The van der Waals surface area contributed by atoms with Crippen LogP contribution in [0.5, 0.6) is 0 Å². The first kappa shape index (κ1) is 14.5. The van der Waals surface area contributed by atoms with E-state index in [-0.39, 0.29) is 0 Å². The fourth-order valence-electron chi connectivity index (χ4n) is 2.93. The lowest BCUT2D eigenvalue weighted by Crippen LogP contribution is -2.42. The molecule has 0 aromatic carbocycles. The molecular formula is C16H27N3. The molecule has 1 aromatic rings. The van der Waals surface area contributed by atoms with E-state index in [1.165, 1.54) is 38.9 Å². The van der Waals surface area contributed by atoms with Crippen molar-refractivity contribution < 1.29 is 0 Å². The summed E-state index contributed by atoms with van der Waals surface area (Å²) in [7, 11) is 0. The maximum absolute atomic E-state index is 4.36. The van der Waals surface area contributed by atoms with E-state index in [2.05, 4.69) is 41.2 Å². The third kappa shape index (κ3) is 4.59. The molecule has 106 valence electrons. The summed E-state index contributed by atoms with van der Waals surface area (Å²) in [6.45, 7) is 9.29. The van der Waals surface area contributed by atoms with Gasteiger partial charge in [-0.25, -0.2) is 0 Å². The van der Waals surface area contributed by atoms with Crippen LogP contribution in [-0.4, -0.2) is 35.6 Å². The van der Waals surface area contributed by atoms with Gasteiger partial charge in [0.25, 0.3) is 0 Å². The smallest absolute Gasteiger partial charge is 0.0541 e. The number of nitrogens with zero attached hydrogens (tertiary/aromatic N) is 2. The summed E-state index contributed by atoms with van der Waals surface area (Å²) in [5.74, 6) is 0.816. The lowest BCUT2D eigenvalue weighted by atomic mass is 9.90. The molecule has 1 unspecified atom stereocenters. The minimum absolute atomic E-state index is 0.589. The maximum Gasteiger partial charge on any atom is 0.0541 e. The molecule has 1 aromatic heterocycles. The SMILES string of the molecule is CCCN1CCC(C(C)NCc2ccccn2)CC1. The van der Waals surface area contributed by atoms with Crippen molar-refractivity contribution in [3.05, 3.63) is 30.1 Å². The van der Waals surface area contributed by atoms with Crippen LogP contribution in [-0.2, 0) is 6.54 Å². The maximum atomic E-state index is 4.36. The highest BCUT2D eigenvalue weighted by Gasteiger charge is 2.22. The third-order valence-electron chi connectivity index (χ3n) is 4.21. The summed E-state index contributed by atoms with van der Waals surface area (Å²) < 4.78 is 0. The second-order valence-electron chi connectivity index (χ2n) is 5.67. The Morgan fingerprint density at radius 3 is 2.79 bits per heavy atom. The molecule has 0 aliphatic carbocycles. The summed E-state index contributed by atoms with van der Waals surface area (Å²) in [5.41, 5.74) is 1.14. The van der Waals surface area contributed by atoms with Crippen LogP contribution in [0.15, 0.2) is 24.4 Å². The highest BCUT2D eigenvalue weighted by Crippen LogP contribution is 2.20. The first-order valence-electron chi connectivity index (χ1n) is 7.65. The monoisotopic (exact) mass is 261 g/mol. The Morgan fingerprint density at radius 2 is 2.16 bits per heavy atom. The van der Waals surface area contributed by atoms with Crippen LogP contribution < -0.4 is 5.32 Å². The van der Waals surface area contributed by atoms with Crippen molar-refractivity contribution in [3.63, 3.8) is 0 Å². The molecule has 0 amide bonds. The zero-order valence-electron chi connectivity index (χ0n) is 12.3. The van der Waals surface area contributed by atoms with Crippen molar-refractivity contribution in [2.45, 2.75) is 45.7 Å². The van der Waals surface area contributed by atoms with E-state index in [1.807, 2.05) is 12.3 Å². The summed E-state index contributed by atoms with van der Waals surface area (Å²) in [6.07, 6.45) is 5.80. The summed E-state index contributed by atoms with van der Waals surface area (Å²) in [5, 5.41) is 3.63. The molecule has 1 aliphatic rings. The second kappa shape index (κ2) is 7.61. The molecular weight excluding hydrogens is 234 g/mol. The number of hydrogen-bond acceptors (Lipinski definition) is 3. The van der Waals surface area contributed by atoms with E-state index >= 15 is 0 Å². The van der Waals surface area contributed by atoms with Crippen molar-refractivity contribution in [3.8, 4) is 0 Å². The Morgan fingerprint density at radius 1 is 1.37 bits per heavy atom. The van der Waals surface area contributed by atoms with Gasteiger partial charge in [0.2, 0.25) is 0 Å². The fourth-order valence-corrected chi connectivity index (χ4v) is 2.93. The van der Waals surface area contributed by atoms with Crippen LogP contribution in [0.1, 0.15) is 38.8 Å². The number of likely N-dealkylation sites (tertiary alicyclic amines) is 1. The van der Waals surface area contributed by atoms with Crippen LogP contribution in [0.25, 0.3) is 0 Å². The Bertz CT molecular complexity index is 344. The average Bonchev–Trinajstić information content (AvgIpc) is 2.47. The average molecular weight is 261 g/mol. The van der Waals surface area contributed by atoms with Gasteiger partial charge in [-0.1, -0.05) is 13.0 Å². The van der Waals surface area contributed by atoms with E-state index in [0.717, 1.165) is 18.2 Å². The topological polar surface area (TPSA) is 28.2 Å². The van der Waals surface area contributed by atoms with Gasteiger partial charge in [-0.2, -0.15) is 0 Å². The number of aromatic nitrogens is 1. The molecule has 1 atom stereocenters. The number of hydrogen-bond donors (Lipinski definition) is 1. The van der Waals surface area contributed by atoms with Gasteiger partial charge in [-0.05, 0) is 63.9 Å². The number of nitrogens with one attached hydrogen (secondary N) is 1. The van der Waals surface area contributed by atoms with Crippen LogP contribution in [0.4, 0.5) is 0 Å². The summed E-state index contributed by atoms with van der Waals surface area (Å²) in [6, 6.07) is 6.70. The normalized spacial score (nSPS) is 19.5.